The molecule has 0 saturated heterocycles. The smallest absolute Gasteiger partial charge is 0.165 e. The Labute approximate surface area is 167 Å². The summed E-state index contributed by atoms with van der Waals surface area (Å²) in [6.07, 6.45) is 0. The van der Waals surface area contributed by atoms with Crippen LogP contribution in [-0.4, -0.2) is 25.2 Å². The van der Waals surface area contributed by atoms with Crippen LogP contribution in [0.2, 0.25) is 0 Å². The van der Waals surface area contributed by atoms with E-state index in [1.165, 1.54) is 23.1 Å². The number of methoxy groups -OCH3 is 1. The van der Waals surface area contributed by atoms with Gasteiger partial charge in [-0.2, -0.15) is 0 Å². The lowest BCUT2D eigenvalue weighted by Crippen LogP contribution is -2.26. The van der Waals surface area contributed by atoms with Gasteiger partial charge in [-0.25, -0.2) is 8.78 Å². The Morgan fingerprint density at radius 2 is 1.93 bits per heavy atom. The number of hydrogen-bond acceptors (Lipinski definition) is 4. The molecular weight excluding hydrogens is 380 g/mol. The molecule has 3 aromatic rings. The van der Waals surface area contributed by atoms with Crippen molar-refractivity contribution < 1.29 is 18.3 Å². The predicted molar refractivity (Wildman–Crippen MR) is 107 cm³/mol. The molecule has 146 valence electrons. The summed E-state index contributed by atoms with van der Waals surface area (Å²) in [7, 11) is 1.62. The van der Waals surface area contributed by atoms with Gasteiger partial charge in [-0.3, -0.25) is 4.90 Å². The molecule has 1 aliphatic heterocycles. The summed E-state index contributed by atoms with van der Waals surface area (Å²) in [6, 6.07) is 12.2. The minimum Gasteiger partial charge on any atom is -0.493 e. The molecule has 0 bridgehead atoms. The summed E-state index contributed by atoms with van der Waals surface area (Å²) in [5, 5.41) is 0. The highest BCUT2D eigenvalue weighted by molar-refractivity contribution is 7.15. The van der Waals surface area contributed by atoms with Crippen LogP contribution < -0.4 is 9.47 Å². The van der Waals surface area contributed by atoms with Crippen molar-refractivity contribution in [3.63, 3.8) is 0 Å². The third-order valence-electron chi connectivity index (χ3n) is 4.87. The van der Waals surface area contributed by atoms with E-state index in [1.807, 2.05) is 11.0 Å². The second-order valence-electron chi connectivity index (χ2n) is 6.84. The van der Waals surface area contributed by atoms with E-state index in [-0.39, 0.29) is 12.1 Å². The fraction of sp³-hybridized carbons (Fsp3) is 0.273. The van der Waals surface area contributed by atoms with E-state index in [4.69, 9.17) is 9.47 Å². The first kappa shape index (κ1) is 18.9. The number of ether oxygens (including phenoxy) is 2. The van der Waals surface area contributed by atoms with Crippen molar-refractivity contribution in [2.75, 3.05) is 20.3 Å². The van der Waals surface area contributed by atoms with Crippen molar-refractivity contribution >= 4 is 11.3 Å². The van der Waals surface area contributed by atoms with Gasteiger partial charge in [-0.05, 0) is 48.9 Å². The number of nitrogens with zero attached hydrogens (tertiary/aromatic N) is 1. The second kappa shape index (κ2) is 7.89. The molecule has 0 N–H and O–H groups in total. The zero-order valence-electron chi connectivity index (χ0n) is 15.8. The Balaban J connectivity index is 1.68. The van der Waals surface area contributed by atoms with Crippen LogP contribution in [0.3, 0.4) is 0 Å². The second-order valence-corrected chi connectivity index (χ2v) is 8.12. The normalized spacial score (nSPS) is 14.3. The van der Waals surface area contributed by atoms with Crippen LogP contribution in [0, 0.1) is 18.6 Å². The lowest BCUT2D eigenvalue weighted by molar-refractivity contribution is 0.212. The van der Waals surface area contributed by atoms with Gasteiger partial charge < -0.3 is 9.47 Å². The fourth-order valence-electron chi connectivity index (χ4n) is 3.46. The Morgan fingerprint density at radius 3 is 2.61 bits per heavy atom. The standard InChI is InChI=1S/C22H21F2NO2S/c1-14-6-7-21(28-14)15-10-16-12-25(8-9-27-22(16)20(11-15)26-2)13-17-18(23)4-3-5-19(17)24/h3-7,10-11H,8-9,12-13H2,1-2H3. The number of benzene rings is 2. The summed E-state index contributed by atoms with van der Waals surface area (Å²) >= 11 is 1.71. The van der Waals surface area contributed by atoms with Crippen molar-refractivity contribution in [1.29, 1.82) is 0 Å². The van der Waals surface area contributed by atoms with E-state index in [1.54, 1.807) is 18.4 Å². The zero-order valence-corrected chi connectivity index (χ0v) is 16.6. The van der Waals surface area contributed by atoms with Gasteiger partial charge in [0.2, 0.25) is 0 Å². The maximum atomic E-state index is 14.1. The average Bonchev–Trinajstić information content (AvgIpc) is 3.00. The van der Waals surface area contributed by atoms with E-state index >= 15 is 0 Å². The molecular formula is C22H21F2NO2S. The molecule has 2 heterocycles. The van der Waals surface area contributed by atoms with E-state index in [0.29, 0.717) is 31.2 Å². The van der Waals surface area contributed by atoms with Crippen LogP contribution in [0.4, 0.5) is 8.78 Å². The Bertz CT molecular complexity index is 982. The maximum absolute atomic E-state index is 14.1. The molecule has 1 aliphatic rings. The predicted octanol–water partition coefficient (Wildman–Crippen LogP) is 5.40. The molecule has 0 amide bonds. The Hall–Kier alpha value is -2.44. The molecule has 6 heteroatoms. The van der Waals surface area contributed by atoms with Crippen LogP contribution >= 0.6 is 11.3 Å². The lowest BCUT2D eigenvalue weighted by Gasteiger charge is -2.20. The summed E-state index contributed by atoms with van der Waals surface area (Å²) < 4.78 is 39.7. The highest BCUT2D eigenvalue weighted by Gasteiger charge is 2.22. The van der Waals surface area contributed by atoms with Gasteiger partial charge in [-0.15, -0.1) is 11.3 Å². The molecule has 2 aromatic carbocycles. The molecule has 0 fully saturated rings. The van der Waals surface area contributed by atoms with Crippen molar-refractivity contribution in [2.45, 2.75) is 20.0 Å². The maximum Gasteiger partial charge on any atom is 0.165 e. The number of halogens is 2. The fourth-order valence-corrected chi connectivity index (χ4v) is 4.32. The number of aryl methyl sites for hydroxylation is 1. The summed E-state index contributed by atoms with van der Waals surface area (Å²) in [6.45, 7) is 3.78. The lowest BCUT2D eigenvalue weighted by atomic mass is 10.1. The van der Waals surface area contributed by atoms with Crippen molar-refractivity contribution in [1.82, 2.24) is 4.90 Å². The highest BCUT2D eigenvalue weighted by atomic mass is 32.1. The van der Waals surface area contributed by atoms with Gasteiger partial charge in [-0.1, -0.05) is 6.07 Å². The Morgan fingerprint density at radius 1 is 1.14 bits per heavy atom. The van der Waals surface area contributed by atoms with Gasteiger partial charge >= 0.3 is 0 Å². The molecule has 28 heavy (non-hydrogen) atoms. The van der Waals surface area contributed by atoms with Crippen LogP contribution in [-0.2, 0) is 13.1 Å². The molecule has 4 rings (SSSR count). The summed E-state index contributed by atoms with van der Waals surface area (Å²) in [5.74, 6) is 0.338. The SMILES string of the molecule is COc1cc(-c2ccc(C)s2)cc2c1OCCN(Cc1c(F)cccc1F)C2. The number of hydrogen-bond donors (Lipinski definition) is 0. The van der Waals surface area contributed by atoms with Crippen LogP contribution in [0.25, 0.3) is 10.4 Å². The number of fused-ring (bicyclic) bond motifs is 1. The molecule has 0 saturated carbocycles. The molecule has 3 nitrogen and oxygen atoms in total. The molecule has 0 unspecified atom stereocenters. The average molecular weight is 401 g/mol. The monoisotopic (exact) mass is 401 g/mol. The third kappa shape index (κ3) is 3.75. The van der Waals surface area contributed by atoms with Crippen molar-refractivity contribution in [3.8, 4) is 21.9 Å². The van der Waals surface area contributed by atoms with Gasteiger partial charge in [0.05, 0.1) is 7.11 Å². The molecule has 0 spiro atoms. The van der Waals surface area contributed by atoms with Crippen LogP contribution in [0.15, 0.2) is 42.5 Å². The van der Waals surface area contributed by atoms with E-state index < -0.39 is 11.6 Å². The largest absolute Gasteiger partial charge is 0.493 e. The van der Waals surface area contributed by atoms with Gasteiger partial charge in [0.15, 0.2) is 11.5 Å². The topological polar surface area (TPSA) is 21.7 Å². The third-order valence-corrected chi connectivity index (χ3v) is 5.92. The van der Waals surface area contributed by atoms with E-state index in [2.05, 4.69) is 25.1 Å². The zero-order chi connectivity index (χ0) is 19.7. The quantitative estimate of drug-likeness (QED) is 0.584. The van der Waals surface area contributed by atoms with Crippen molar-refractivity contribution in [3.05, 3.63) is 70.1 Å². The Kier molecular flexibility index (Phi) is 5.33. The molecule has 0 radical (unpaired) electrons. The first-order chi connectivity index (χ1) is 13.5. The summed E-state index contributed by atoms with van der Waals surface area (Å²) in [5.41, 5.74) is 2.09. The van der Waals surface area contributed by atoms with Crippen LogP contribution in [0.5, 0.6) is 11.5 Å². The first-order valence-corrected chi connectivity index (χ1v) is 9.92. The minimum atomic E-state index is -0.522. The van der Waals surface area contributed by atoms with Gasteiger partial charge in [0, 0.05) is 40.5 Å². The summed E-state index contributed by atoms with van der Waals surface area (Å²) in [4.78, 5) is 4.38. The molecule has 0 aliphatic carbocycles. The van der Waals surface area contributed by atoms with Gasteiger partial charge in [0.1, 0.15) is 18.2 Å². The van der Waals surface area contributed by atoms with E-state index in [9.17, 15) is 8.78 Å². The van der Waals surface area contributed by atoms with E-state index in [0.717, 1.165) is 16.0 Å². The first-order valence-electron chi connectivity index (χ1n) is 9.11. The van der Waals surface area contributed by atoms with Crippen LogP contribution in [0.1, 0.15) is 16.0 Å². The minimum absolute atomic E-state index is 0.0861. The number of rotatable bonds is 4. The molecule has 0 atom stereocenters. The number of thiophene rings is 1. The molecule has 1 aromatic heterocycles. The van der Waals surface area contributed by atoms with Gasteiger partial charge in [0.25, 0.3) is 0 Å². The van der Waals surface area contributed by atoms with Crippen molar-refractivity contribution in [2.24, 2.45) is 0 Å². The highest BCUT2D eigenvalue weighted by Crippen LogP contribution is 2.40.